The summed E-state index contributed by atoms with van der Waals surface area (Å²) in [5.74, 6) is 0. The normalized spacial score (nSPS) is 14.0. The monoisotopic (exact) mass is 591 g/mol. The smallest absolute Gasteiger partial charge is 0.0818 e. The quantitative estimate of drug-likeness (QED) is 0.204. The van der Waals surface area contributed by atoms with Gasteiger partial charge in [-0.2, -0.15) is 0 Å². The topological polar surface area (TPSA) is 31.4 Å². The number of nitrogens with one attached hydrogen (secondary N) is 1. The van der Waals surface area contributed by atoms with Crippen LogP contribution in [0.1, 0.15) is 35.0 Å². The first-order valence-corrected chi connectivity index (χ1v) is 15.9. The summed E-state index contributed by atoms with van der Waals surface area (Å²) in [6.45, 7) is 4.38. The van der Waals surface area contributed by atoms with Crippen LogP contribution in [0.25, 0.3) is 65.1 Å². The Labute approximate surface area is 268 Å². The maximum atomic E-state index is 5.49. The van der Waals surface area contributed by atoms with Gasteiger partial charge in [-0.15, -0.1) is 0 Å². The van der Waals surface area contributed by atoms with Crippen LogP contribution in [0.15, 0.2) is 126 Å². The molecule has 0 amide bonds. The van der Waals surface area contributed by atoms with Crippen molar-refractivity contribution in [2.45, 2.75) is 13.8 Å². The van der Waals surface area contributed by atoms with Gasteiger partial charge >= 0.3 is 0 Å². The standard InChI is InChI=1S/C43H33N3/c1-25-37-33-17-9-5-13-29(33)31-15-7-11-19-35(31)40(37)42(44-25)39(27-21-23-28(24-22-27)46(3)4)43-41-36-20-12-8-16-32(36)30-14-6-10-18-34(30)38(41)26(2)45-43/h5-24,44H,1-4H3/b43-39-. The van der Waals surface area contributed by atoms with Crippen molar-refractivity contribution in [3.05, 3.63) is 149 Å². The van der Waals surface area contributed by atoms with E-state index in [-0.39, 0.29) is 0 Å². The number of aliphatic imine (C=N–C) groups is 1. The van der Waals surface area contributed by atoms with Gasteiger partial charge in [0.1, 0.15) is 0 Å². The Morgan fingerprint density at radius 2 is 0.978 bits per heavy atom. The lowest BCUT2D eigenvalue weighted by molar-refractivity contribution is 1.13. The minimum Gasteiger partial charge on any atom is -0.378 e. The Morgan fingerprint density at radius 1 is 0.522 bits per heavy atom. The van der Waals surface area contributed by atoms with E-state index in [1.165, 1.54) is 70.7 Å². The van der Waals surface area contributed by atoms with Gasteiger partial charge in [0.25, 0.3) is 0 Å². The molecule has 0 fully saturated rings. The molecule has 46 heavy (non-hydrogen) atoms. The fraction of sp³-hybridized carbons (Fsp3) is 0.0930. The van der Waals surface area contributed by atoms with Crippen molar-refractivity contribution >= 4 is 76.5 Å². The maximum Gasteiger partial charge on any atom is 0.0818 e. The zero-order chi connectivity index (χ0) is 31.1. The highest BCUT2D eigenvalue weighted by molar-refractivity contribution is 6.32. The fourth-order valence-electron chi connectivity index (χ4n) is 7.84. The SMILES string of the molecule is CC1=N/C(=C(/c2ccc(N(C)C)cc2)c2[nH]c(C)c3c4ccccc4c4ccccc4c23)c2c1c1ccccc1c1ccccc21. The van der Waals surface area contributed by atoms with Crippen molar-refractivity contribution in [3.8, 4) is 0 Å². The summed E-state index contributed by atoms with van der Waals surface area (Å²) in [5, 5.41) is 12.6. The molecule has 0 atom stereocenters. The van der Waals surface area contributed by atoms with Crippen LogP contribution in [0.3, 0.4) is 0 Å². The molecule has 0 saturated carbocycles. The molecule has 0 bridgehead atoms. The minimum atomic E-state index is 1.02. The lowest BCUT2D eigenvalue weighted by atomic mass is 9.86. The molecule has 0 unspecified atom stereocenters. The molecule has 2 heterocycles. The molecule has 7 aromatic carbocycles. The molecule has 8 aromatic rings. The molecule has 1 aliphatic rings. The molecule has 0 radical (unpaired) electrons. The van der Waals surface area contributed by atoms with Gasteiger partial charge in [0.2, 0.25) is 0 Å². The zero-order valence-corrected chi connectivity index (χ0v) is 26.4. The number of nitrogens with zero attached hydrogens (tertiary/aromatic N) is 2. The number of anilines is 1. The van der Waals surface area contributed by atoms with Gasteiger partial charge in [-0.25, -0.2) is 0 Å². The van der Waals surface area contributed by atoms with Crippen LogP contribution in [0.2, 0.25) is 0 Å². The number of benzene rings is 7. The molecule has 3 nitrogen and oxygen atoms in total. The number of aromatic amines is 1. The Hall–Kier alpha value is -5.67. The van der Waals surface area contributed by atoms with E-state index in [0.29, 0.717) is 0 Å². The third-order valence-electron chi connectivity index (χ3n) is 9.84. The van der Waals surface area contributed by atoms with E-state index in [1.807, 2.05) is 0 Å². The van der Waals surface area contributed by atoms with Crippen LogP contribution < -0.4 is 4.90 Å². The lowest BCUT2D eigenvalue weighted by Crippen LogP contribution is -2.08. The average Bonchev–Trinajstić information content (AvgIpc) is 3.62. The number of hydrogen-bond acceptors (Lipinski definition) is 2. The van der Waals surface area contributed by atoms with E-state index in [9.17, 15) is 0 Å². The second-order valence-corrected chi connectivity index (χ2v) is 12.7. The number of aryl methyl sites for hydroxylation is 1. The summed E-state index contributed by atoms with van der Waals surface area (Å²) < 4.78 is 0. The Morgan fingerprint density at radius 3 is 1.52 bits per heavy atom. The van der Waals surface area contributed by atoms with E-state index < -0.39 is 0 Å². The molecule has 1 aromatic heterocycles. The third kappa shape index (κ3) is 3.69. The van der Waals surface area contributed by atoms with Crippen molar-refractivity contribution in [1.82, 2.24) is 4.98 Å². The third-order valence-corrected chi connectivity index (χ3v) is 9.84. The second kappa shape index (κ2) is 9.92. The predicted octanol–water partition coefficient (Wildman–Crippen LogP) is 10.9. The lowest BCUT2D eigenvalue weighted by Gasteiger charge is -2.17. The second-order valence-electron chi connectivity index (χ2n) is 12.7. The molecule has 0 saturated heterocycles. The zero-order valence-electron chi connectivity index (χ0n) is 26.4. The summed E-state index contributed by atoms with van der Waals surface area (Å²) in [7, 11) is 4.18. The van der Waals surface area contributed by atoms with Crippen molar-refractivity contribution in [2.75, 3.05) is 19.0 Å². The van der Waals surface area contributed by atoms with Gasteiger partial charge in [-0.3, -0.25) is 4.99 Å². The first kappa shape index (κ1) is 26.7. The molecular formula is C43H33N3. The van der Waals surface area contributed by atoms with Gasteiger partial charge < -0.3 is 9.88 Å². The van der Waals surface area contributed by atoms with Crippen molar-refractivity contribution in [1.29, 1.82) is 0 Å². The molecule has 1 aliphatic heterocycles. The highest BCUT2D eigenvalue weighted by atomic mass is 15.1. The summed E-state index contributed by atoms with van der Waals surface area (Å²) in [6.07, 6.45) is 0. The largest absolute Gasteiger partial charge is 0.378 e. The summed E-state index contributed by atoms with van der Waals surface area (Å²) in [4.78, 5) is 11.6. The molecule has 9 rings (SSSR count). The highest BCUT2D eigenvalue weighted by Gasteiger charge is 2.29. The summed E-state index contributed by atoms with van der Waals surface area (Å²) >= 11 is 0. The molecule has 0 spiro atoms. The van der Waals surface area contributed by atoms with Gasteiger partial charge in [-0.1, -0.05) is 109 Å². The van der Waals surface area contributed by atoms with E-state index in [0.717, 1.165) is 33.9 Å². The molecular weight excluding hydrogens is 558 g/mol. The number of rotatable bonds is 3. The average molecular weight is 592 g/mol. The molecule has 0 aliphatic carbocycles. The Bertz CT molecular complexity index is 2610. The van der Waals surface area contributed by atoms with Gasteiger partial charge in [-0.05, 0) is 74.6 Å². The van der Waals surface area contributed by atoms with E-state index in [2.05, 4.69) is 159 Å². The van der Waals surface area contributed by atoms with Crippen molar-refractivity contribution < 1.29 is 0 Å². The first-order valence-electron chi connectivity index (χ1n) is 15.9. The summed E-state index contributed by atoms with van der Waals surface area (Å²) in [5.41, 5.74) is 10.2. The van der Waals surface area contributed by atoms with Gasteiger partial charge in [0.15, 0.2) is 0 Å². The van der Waals surface area contributed by atoms with E-state index in [1.54, 1.807) is 0 Å². The first-order chi connectivity index (χ1) is 22.5. The maximum absolute atomic E-state index is 5.49. The summed E-state index contributed by atoms with van der Waals surface area (Å²) in [6, 6.07) is 44.2. The molecule has 1 N–H and O–H groups in total. The molecule has 3 heteroatoms. The molecule has 220 valence electrons. The van der Waals surface area contributed by atoms with Gasteiger partial charge in [0, 0.05) is 58.7 Å². The van der Waals surface area contributed by atoms with Crippen LogP contribution in [0, 0.1) is 6.92 Å². The van der Waals surface area contributed by atoms with Crippen LogP contribution in [0.4, 0.5) is 5.69 Å². The van der Waals surface area contributed by atoms with Gasteiger partial charge in [0.05, 0.1) is 11.4 Å². The fourth-order valence-corrected chi connectivity index (χ4v) is 7.84. The number of hydrogen-bond donors (Lipinski definition) is 1. The van der Waals surface area contributed by atoms with Crippen LogP contribution in [-0.2, 0) is 0 Å². The number of H-pyrrole nitrogens is 1. The minimum absolute atomic E-state index is 1.02. The van der Waals surface area contributed by atoms with Crippen molar-refractivity contribution in [2.24, 2.45) is 4.99 Å². The number of fused-ring (bicyclic) bond motifs is 12. The van der Waals surface area contributed by atoms with E-state index in [4.69, 9.17) is 4.99 Å². The van der Waals surface area contributed by atoms with Crippen molar-refractivity contribution in [3.63, 3.8) is 0 Å². The number of aromatic nitrogens is 1. The predicted molar refractivity (Wildman–Crippen MR) is 198 cm³/mol. The van der Waals surface area contributed by atoms with Crippen LogP contribution in [-0.4, -0.2) is 24.8 Å². The Balaban J connectivity index is 1.50. The van der Waals surface area contributed by atoms with Crippen LogP contribution >= 0.6 is 0 Å². The Kier molecular flexibility index (Phi) is 5.76. The van der Waals surface area contributed by atoms with E-state index >= 15 is 0 Å². The highest BCUT2D eigenvalue weighted by Crippen LogP contribution is 2.48. The van der Waals surface area contributed by atoms with Crippen LogP contribution in [0.5, 0.6) is 0 Å².